The molecule has 0 aliphatic rings. The summed E-state index contributed by atoms with van der Waals surface area (Å²) in [5.41, 5.74) is 1.29. The number of thiophene rings is 1. The van der Waals surface area contributed by atoms with E-state index in [2.05, 4.69) is 5.32 Å². The Morgan fingerprint density at radius 1 is 1.31 bits per heavy atom. The molecule has 0 spiro atoms. The Balaban J connectivity index is 1.98. The second-order valence-electron chi connectivity index (χ2n) is 5.44. The Hall–Kier alpha value is -2.94. The molecule has 1 amide bonds. The molecule has 1 atom stereocenters. The fourth-order valence-electron chi connectivity index (χ4n) is 2.26. The number of carbonyl (C=O) groups excluding carboxylic acids is 2. The quantitative estimate of drug-likeness (QED) is 0.430. The summed E-state index contributed by atoms with van der Waals surface area (Å²) >= 11 is 0.973. The number of rotatable bonds is 8. The third-order valence-corrected chi connectivity index (χ3v) is 4.42. The normalized spacial score (nSPS) is 11.5. The molecule has 26 heavy (non-hydrogen) atoms. The van der Waals surface area contributed by atoms with Crippen LogP contribution in [0.1, 0.15) is 30.5 Å². The van der Waals surface area contributed by atoms with Gasteiger partial charge in [0.1, 0.15) is 12.4 Å². The van der Waals surface area contributed by atoms with Crippen LogP contribution < -0.4 is 10.1 Å². The highest BCUT2D eigenvalue weighted by Gasteiger charge is 2.19. The van der Waals surface area contributed by atoms with Gasteiger partial charge in [-0.3, -0.25) is 19.7 Å². The van der Waals surface area contributed by atoms with Crippen LogP contribution in [0, 0.1) is 10.1 Å². The first-order valence-electron chi connectivity index (χ1n) is 7.67. The van der Waals surface area contributed by atoms with Gasteiger partial charge in [0, 0.05) is 23.9 Å². The fourth-order valence-corrected chi connectivity index (χ4v) is 2.97. The van der Waals surface area contributed by atoms with Gasteiger partial charge in [-0.1, -0.05) is 23.5 Å². The van der Waals surface area contributed by atoms with E-state index >= 15 is 0 Å². The fraction of sp³-hybridized carbons (Fsp3) is 0.294. The van der Waals surface area contributed by atoms with E-state index in [1.165, 1.54) is 13.0 Å². The molecule has 0 radical (unpaired) electrons. The Morgan fingerprint density at radius 3 is 2.54 bits per heavy atom. The van der Waals surface area contributed by atoms with Gasteiger partial charge < -0.3 is 14.8 Å². The smallest absolute Gasteiger partial charge is 0.324 e. The predicted octanol–water partition coefficient (Wildman–Crippen LogP) is 2.98. The van der Waals surface area contributed by atoms with Gasteiger partial charge in [-0.05, 0) is 17.7 Å². The summed E-state index contributed by atoms with van der Waals surface area (Å²) in [6.07, 6.45) is -0.0574. The highest BCUT2D eigenvalue weighted by molar-refractivity contribution is 7.13. The van der Waals surface area contributed by atoms with Gasteiger partial charge >= 0.3 is 11.0 Å². The van der Waals surface area contributed by atoms with Crippen molar-refractivity contribution < 1.29 is 24.0 Å². The Morgan fingerprint density at radius 2 is 2.00 bits per heavy atom. The number of hydrogen-bond acceptors (Lipinski definition) is 7. The first kappa shape index (κ1) is 19.4. The SMILES string of the molecule is COc1ccc(C(CC(=O)OCc2csc([N+](=O)[O-])c2)NC(C)=O)cc1. The van der Waals surface area contributed by atoms with Crippen LogP contribution in [0.3, 0.4) is 0 Å². The summed E-state index contributed by atoms with van der Waals surface area (Å²) in [7, 11) is 1.55. The van der Waals surface area contributed by atoms with Crippen molar-refractivity contribution in [1.82, 2.24) is 5.32 Å². The van der Waals surface area contributed by atoms with Crippen molar-refractivity contribution in [2.75, 3.05) is 7.11 Å². The van der Waals surface area contributed by atoms with Crippen molar-refractivity contribution in [2.45, 2.75) is 26.0 Å². The highest BCUT2D eigenvalue weighted by Crippen LogP contribution is 2.24. The topological polar surface area (TPSA) is 108 Å². The molecule has 0 bridgehead atoms. The van der Waals surface area contributed by atoms with Crippen LogP contribution in [0.2, 0.25) is 0 Å². The van der Waals surface area contributed by atoms with Crippen LogP contribution in [-0.2, 0) is 20.9 Å². The number of amides is 1. The minimum atomic E-state index is -0.539. The standard InChI is InChI=1S/C17H18N2O6S/c1-11(20)18-15(13-3-5-14(24-2)6-4-13)8-17(21)25-9-12-7-16(19(22)23)26-10-12/h3-7,10,15H,8-9H2,1-2H3,(H,18,20). The van der Waals surface area contributed by atoms with E-state index in [4.69, 9.17) is 9.47 Å². The van der Waals surface area contributed by atoms with Crippen LogP contribution in [0.15, 0.2) is 35.7 Å². The van der Waals surface area contributed by atoms with E-state index in [1.54, 1.807) is 36.8 Å². The number of ether oxygens (including phenoxy) is 2. The van der Waals surface area contributed by atoms with Crippen LogP contribution in [0.25, 0.3) is 0 Å². The zero-order valence-corrected chi connectivity index (χ0v) is 15.1. The Bertz CT molecular complexity index is 787. The lowest BCUT2D eigenvalue weighted by Gasteiger charge is -2.18. The maximum Gasteiger partial charge on any atom is 0.324 e. The number of benzene rings is 1. The summed E-state index contributed by atoms with van der Waals surface area (Å²) < 4.78 is 10.3. The van der Waals surface area contributed by atoms with Gasteiger partial charge in [-0.15, -0.1) is 0 Å². The van der Waals surface area contributed by atoms with Crippen LogP contribution in [0.5, 0.6) is 5.75 Å². The second kappa shape index (κ2) is 8.95. The molecule has 0 aliphatic carbocycles. The molecule has 1 aromatic carbocycles. The van der Waals surface area contributed by atoms with Gasteiger partial charge in [0.2, 0.25) is 5.91 Å². The lowest BCUT2D eigenvalue weighted by Crippen LogP contribution is -2.28. The summed E-state index contributed by atoms with van der Waals surface area (Å²) in [6.45, 7) is 1.31. The minimum Gasteiger partial charge on any atom is -0.497 e. The summed E-state index contributed by atoms with van der Waals surface area (Å²) in [5, 5.41) is 14.9. The Kier molecular flexibility index (Phi) is 6.67. The van der Waals surface area contributed by atoms with Crippen molar-refractivity contribution >= 4 is 28.2 Å². The molecule has 0 fully saturated rings. The third-order valence-electron chi connectivity index (χ3n) is 3.49. The largest absolute Gasteiger partial charge is 0.497 e. The lowest BCUT2D eigenvalue weighted by atomic mass is 10.0. The van der Waals surface area contributed by atoms with Gasteiger partial charge in [0.15, 0.2) is 0 Å². The number of nitrogens with one attached hydrogen (secondary N) is 1. The zero-order valence-electron chi connectivity index (χ0n) is 14.3. The number of nitrogens with zero attached hydrogens (tertiary/aromatic N) is 1. The first-order valence-corrected chi connectivity index (χ1v) is 8.55. The van der Waals surface area contributed by atoms with Gasteiger partial charge in [0.05, 0.1) is 24.5 Å². The maximum absolute atomic E-state index is 12.1. The van der Waals surface area contributed by atoms with E-state index in [0.29, 0.717) is 11.3 Å². The average molecular weight is 378 g/mol. The molecule has 138 valence electrons. The summed E-state index contributed by atoms with van der Waals surface area (Å²) in [5.74, 6) is -0.127. The van der Waals surface area contributed by atoms with Crippen molar-refractivity contribution in [3.8, 4) is 5.75 Å². The average Bonchev–Trinajstić information content (AvgIpc) is 3.08. The molecule has 1 aromatic heterocycles. The second-order valence-corrected chi connectivity index (χ2v) is 6.33. The molecule has 0 saturated heterocycles. The number of esters is 1. The van der Waals surface area contributed by atoms with Gasteiger partial charge in [0.25, 0.3) is 0 Å². The molecular formula is C17H18N2O6S. The van der Waals surface area contributed by atoms with Crippen molar-refractivity contribution in [1.29, 1.82) is 0 Å². The minimum absolute atomic E-state index is 0.00888. The van der Waals surface area contributed by atoms with E-state index in [0.717, 1.165) is 16.9 Å². The number of methoxy groups -OCH3 is 1. The molecule has 2 aromatic rings. The molecule has 0 aliphatic heterocycles. The van der Waals surface area contributed by atoms with Gasteiger partial charge in [-0.25, -0.2) is 0 Å². The van der Waals surface area contributed by atoms with E-state index in [-0.39, 0.29) is 23.9 Å². The molecule has 8 nitrogen and oxygen atoms in total. The third kappa shape index (κ3) is 5.55. The number of hydrogen-bond donors (Lipinski definition) is 1. The summed E-state index contributed by atoms with van der Waals surface area (Å²) in [4.78, 5) is 33.7. The van der Waals surface area contributed by atoms with Crippen LogP contribution in [0.4, 0.5) is 5.00 Å². The van der Waals surface area contributed by atoms with E-state index < -0.39 is 16.9 Å². The van der Waals surface area contributed by atoms with Gasteiger partial charge in [-0.2, -0.15) is 0 Å². The molecule has 0 saturated carbocycles. The van der Waals surface area contributed by atoms with E-state index in [9.17, 15) is 19.7 Å². The van der Waals surface area contributed by atoms with Crippen molar-refractivity contribution in [3.05, 3.63) is 57.0 Å². The molecular weight excluding hydrogens is 360 g/mol. The molecule has 9 heteroatoms. The molecule has 1 heterocycles. The van der Waals surface area contributed by atoms with Crippen LogP contribution >= 0.6 is 11.3 Å². The van der Waals surface area contributed by atoms with Crippen LogP contribution in [-0.4, -0.2) is 23.9 Å². The predicted molar refractivity (Wildman–Crippen MR) is 94.9 cm³/mol. The lowest BCUT2D eigenvalue weighted by molar-refractivity contribution is -0.380. The first-order chi connectivity index (χ1) is 12.4. The number of carbonyl (C=O) groups is 2. The molecule has 1 N–H and O–H groups in total. The Labute approximate surface area is 153 Å². The van der Waals surface area contributed by atoms with Crippen molar-refractivity contribution in [3.63, 3.8) is 0 Å². The monoisotopic (exact) mass is 378 g/mol. The number of nitro groups is 1. The zero-order chi connectivity index (χ0) is 19.1. The van der Waals surface area contributed by atoms with E-state index in [1.807, 2.05) is 0 Å². The maximum atomic E-state index is 12.1. The summed E-state index contributed by atoms with van der Waals surface area (Å²) in [6, 6.07) is 7.82. The highest BCUT2D eigenvalue weighted by atomic mass is 32.1. The molecule has 1 unspecified atom stereocenters. The van der Waals surface area contributed by atoms with Crippen molar-refractivity contribution in [2.24, 2.45) is 0 Å². The molecule has 2 rings (SSSR count).